The lowest BCUT2D eigenvalue weighted by Crippen LogP contribution is -2.26. The SMILES string of the molecule is Cc1ccc(OCC(=O)C(C)(C)C)c(C)c1. The van der Waals surface area contributed by atoms with Crippen LogP contribution < -0.4 is 4.74 Å². The minimum Gasteiger partial charge on any atom is -0.486 e. The van der Waals surface area contributed by atoms with Gasteiger partial charge in [-0.15, -0.1) is 0 Å². The van der Waals surface area contributed by atoms with Gasteiger partial charge in [0.2, 0.25) is 0 Å². The third-order valence-electron chi connectivity index (χ3n) is 2.53. The Kier molecular flexibility index (Phi) is 3.74. The number of Topliss-reactive ketones (excluding diaryl/α,β-unsaturated/α-hetero) is 1. The average molecular weight is 220 g/mol. The number of benzene rings is 1. The van der Waals surface area contributed by atoms with Crippen LogP contribution in [0.4, 0.5) is 0 Å². The molecule has 0 heterocycles. The van der Waals surface area contributed by atoms with Crippen LogP contribution in [0.15, 0.2) is 18.2 Å². The molecule has 0 fully saturated rings. The highest BCUT2D eigenvalue weighted by Crippen LogP contribution is 2.20. The van der Waals surface area contributed by atoms with Crippen molar-refractivity contribution >= 4 is 5.78 Å². The summed E-state index contributed by atoms with van der Waals surface area (Å²) in [5.41, 5.74) is 1.94. The summed E-state index contributed by atoms with van der Waals surface area (Å²) in [6.45, 7) is 9.89. The molecule has 0 saturated carbocycles. The van der Waals surface area contributed by atoms with Crippen molar-refractivity contribution in [2.45, 2.75) is 34.6 Å². The van der Waals surface area contributed by atoms with Crippen LogP contribution in [0.25, 0.3) is 0 Å². The van der Waals surface area contributed by atoms with Crippen LogP contribution in [0.2, 0.25) is 0 Å². The number of carbonyl (C=O) groups excluding carboxylic acids is 1. The van der Waals surface area contributed by atoms with Crippen LogP contribution in [0, 0.1) is 19.3 Å². The molecule has 1 aromatic carbocycles. The van der Waals surface area contributed by atoms with Gasteiger partial charge in [0, 0.05) is 5.41 Å². The second-order valence-electron chi connectivity index (χ2n) is 5.23. The number of aryl methyl sites for hydroxylation is 2. The molecule has 0 N–H and O–H groups in total. The fraction of sp³-hybridized carbons (Fsp3) is 0.500. The van der Waals surface area contributed by atoms with Crippen molar-refractivity contribution in [3.63, 3.8) is 0 Å². The van der Waals surface area contributed by atoms with Gasteiger partial charge >= 0.3 is 0 Å². The van der Waals surface area contributed by atoms with Crippen molar-refractivity contribution in [2.75, 3.05) is 6.61 Å². The minimum atomic E-state index is -0.335. The molecule has 1 rings (SSSR count). The largest absolute Gasteiger partial charge is 0.486 e. The first-order valence-electron chi connectivity index (χ1n) is 5.54. The third-order valence-corrected chi connectivity index (χ3v) is 2.53. The molecule has 16 heavy (non-hydrogen) atoms. The molecule has 2 heteroatoms. The standard InChI is InChI=1S/C14H20O2/c1-10-6-7-12(11(2)8-10)16-9-13(15)14(3,4)5/h6-8H,9H2,1-5H3. The van der Waals surface area contributed by atoms with E-state index in [1.165, 1.54) is 5.56 Å². The summed E-state index contributed by atoms with van der Waals surface area (Å²) in [6.07, 6.45) is 0. The Labute approximate surface area is 97.6 Å². The van der Waals surface area contributed by atoms with Crippen LogP contribution in [0.1, 0.15) is 31.9 Å². The molecule has 0 saturated heterocycles. The fourth-order valence-electron chi connectivity index (χ4n) is 1.32. The molecule has 0 amide bonds. The van der Waals surface area contributed by atoms with Gasteiger partial charge in [0.1, 0.15) is 12.4 Å². The molecular weight excluding hydrogens is 200 g/mol. The highest BCUT2D eigenvalue weighted by Gasteiger charge is 2.21. The van der Waals surface area contributed by atoms with Gasteiger partial charge in [-0.1, -0.05) is 38.5 Å². The molecule has 0 aromatic heterocycles. The van der Waals surface area contributed by atoms with Crippen molar-refractivity contribution in [2.24, 2.45) is 5.41 Å². The Bertz CT molecular complexity index is 386. The van der Waals surface area contributed by atoms with Gasteiger partial charge in [-0.3, -0.25) is 4.79 Å². The summed E-state index contributed by atoms with van der Waals surface area (Å²) in [7, 11) is 0. The maximum atomic E-state index is 11.7. The molecule has 2 nitrogen and oxygen atoms in total. The number of ether oxygens (including phenoxy) is 1. The summed E-state index contributed by atoms with van der Waals surface area (Å²) in [5, 5.41) is 0. The summed E-state index contributed by atoms with van der Waals surface area (Å²) in [5.74, 6) is 0.913. The molecule has 0 bridgehead atoms. The van der Waals surface area contributed by atoms with Gasteiger partial charge in [-0.05, 0) is 25.5 Å². The van der Waals surface area contributed by atoms with Crippen molar-refractivity contribution in [3.05, 3.63) is 29.3 Å². The molecule has 1 aromatic rings. The van der Waals surface area contributed by atoms with Crippen molar-refractivity contribution in [3.8, 4) is 5.75 Å². The van der Waals surface area contributed by atoms with Crippen molar-refractivity contribution < 1.29 is 9.53 Å². The average Bonchev–Trinajstić information content (AvgIpc) is 2.14. The zero-order chi connectivity index (χ0) is 12.3. The molecule has 0 aliphatic rings. The van der Waals surface area contributed by atoms with Crippen LogP contribution in [-0.4, -0.2) is 12.4 Å². The number of ketones is 1. The van der Waals surface area contributed by atoms with E-state index in [9.17, 15) is 4.79 Å². The first-order chi connectivity index (χ1) is 7.30. The molecule has 0 unspecified atom stereocenters. The van der Waals surface area contributed by atoms with E-state index in [4.69, 9.17) is 4.74 Å². The second kappa shape index (κ2) is 4.69. The predicted molar refractivity (Wildman–Crippen MR) is 65.9 cm³/mol. The Morgan fingerprint density at radius 2 is 1.88 bits per heavy atom. The Morgan fingerprint density at radius 1 is 1.25 bits per heavy atom. The van der Waals surface area contributed by atoms with Crippen LogP contribution in [0.5, 0.6) is 5.75 Å². The predicted octanol–water partition coefficient (Wildman–Crippen LogP) is 3.30. The maximum absolute atomic E-state index is 11.7. The number of hydrogen-bond donors (Lipinski definition) is 0. The maximum Gasteiger partial charge on any atom is 0.175 e. The minimum absolute atomic E-state index is 0.118. The third kappa shape index (κ3) is 3.37. The Morgan fingerprint density at radius 3 is 2.38 bits per heavy atom. The Balaban J connectivity index is 2.65. The van der Waals surface area contributed by atoms with E-state index in [0.717, 1.165) is 11.3 Å². The van der Waals surface area contributed by atoms with Gasteiger partial charge in [-0.2, -0.15) is 0 Å². The summed E-state index contributed by atoms with van der Waals surface area (Å²) < 4.78 is 5.53. The lowest BCUT2D eigenvalue weighted by Gasteiger charge is -2.17. The van der Waals surface area contributed by atoms with Crippen LogP contribution in [0.3, 0.4) is 0 Å². The van der Waals surface area contributed by atoms with E-state index in [1.807, 2.05) is 46.8 Å². The zero-order valence-corrected chi connectivity index (χ0v) is 10.8. The number of rotatable bonds is 3. The molecule has 0 atom stereocenters. The van der Waals surface area contributed by atoms with Gasteiger partial charge in [0.25, 0.3) is 0 Å². The highest BCUT2D eigenvalue weighted by atomic mass is 16.5. The molecular formula is C14H20O2. The van der Waals surface area contributed by atoms with Gasteiger partial charge in [0.05, 0.1) is 0 Å². The van der Waals surface area contributed by atoms with Crippen LogP contribution in [-0.2, 0) is 4.79 Å². The van der Waals surface area contributed by atoms with E-state index in [-0.39, 0.29) is 17.8 Å². The lowest BCUT2D eigenvalue weighted by molar-refractivity contribution is -0.128. The quantitative estimate of drug-likeness (QED) is 0.781. The lowest BCUT2D eigenvalue weighted by atomic mass is 9.91. The Hall–Kier alpha value is -1.31. The molecule has 0 aliphatic carbocycles. The normalized spacial score (nSPS) is 11.3. The zero-order valence-electron chi connectivity index (χ0n) is 10.8. The van der Waals surface area contributed by atoms with Crippen molar-refractivity contribution in [1.82, 2.24) is 0 Å². The topological polar surface area (TPSA) is 26.3 Å². The molecule has 88 valence electrons. The summed E-state index contributed by atoms with van der Waals surface area (Å²) in [6, 6.07) is 5.96. The van der Waals surface area contributed by atoms with Gasteiger partial charge < -0.3 is 4.74 Å². The summed E-state index contributed by atoms with van der Waals surface area (Å²) >= 11 is 0. The monoisotopic (exact) mass is 220 g/mol. The van der Waals surface area contributed by atoms with Crippen molar-refractivity contribution in [1.29, 1.82) is 0 Å². The van der Waals surface area contributed by atoms with E-state index < -0.39 is 0 Å². The van der Waals surface area contributed by atoms with Crippen LogP contribution >= 0.6 is 0 Å². The number of carbonyl (C=O) groups is 1. The van der Waals surface area contributed by atoms with Gasteiger partial charge in [-0.25, -0.2) is 0 Å². The highest BCUT2D eigenvalue weighted by molar-refractivity contribution is 5.85. The van der Waals surface area contributed by atoms with E-state index >= 15 is 0 Å². The first kappa shape index (κ1) is 12.8. The second-order valence-corrected chi connectivity index (χ2v) is 5.23. The molecule has 0 aliphatic heterocycles. The van der Waals surface area contributed by atoms with E-state index in [0.29, 0.717) is 0 Å². The number of hydrogen-bond acceptors (Lipinski definition) is 2. The molecule has 0 radical (unpaired) electrons. The van der Waals surface area contributed by atoms with E-state index in [2.05, 4.69) is 6.07 Å². The molecule has 0 spiro atoms. The van der Waals surface area contributed by atoms with Gasteiger partial charge in [0.15, 0.2) is 5.78 Å². The van der Waals surface area contributed by atoms with E-state index in [1.54, 1.807) is 0 Å². The summed E-state index contributed by atoms with van der Waals surface area (Å²) in [4.78, 5) is 11.7. The fourth-order valence-corrected chi connectivity index (χ4v) is 1.32. The first-order valence-corrected chi connectivity index (χ1v) is 5.54. The smallest absolute Gasteiger partial charge is 0.175 e.